The van der Waals surface area contributed by atoms with Crippen LogP contribution in [0.3, 0.4) is 0 Å². The Bertz CT molecular complexity index is 775. The molecule has 128 valence electrons. The lowest BCUT2D eigenvalue weighted by Crippen LogP contribution is -2.17. The number of Topliss-reactive ketones (excluding diaryl/α,β-unsaturated/α-hetero) is 1. The molecule has 2 rings (SSSR count). The summed E-state index contributed by atoms with van der Waals surface area (Å²) in [7, 11) is 0. The zero-order valence-corrected chi connectivity index (χ0v) is 15.0. The molecule has 0 unspecified atom stereocenters. The van der Waals surface area contributed by atoms with Gasteiger partial charge in [-0.15, -0.1) is 0 Å². The molecule has 0 radical (unpaired) electrons. The molecule has 0 saturated carbocycles. The smallest absolute Gasteiger partial charge is 0.308 e. The fourth-order valence-electron chi connectivity index (χ4n) is 2.66. The van der Waals surface area contributed by atoms with Crippen LogP contribution < -0.4 is 0 Å². The molecule has 1 heterocycles. The van der Waals surface area contributed by atoms with Crippen molar-refractivity contribution in [3.05, 3.63) is 51.8 Å². The van der Waals surface area contributed by atoms with Gasteiger partial charge in [0.25, 0.3) is 0 Å². The van der Waals surface area contributed by atoms with Gasteiger partial charge in [0, 0.05) is 11.3 Å². The highest BCUT2D eigenvalue weighted by atomic mass is 16.5. The van der Waals surface area contributed by atoms with Gasteiger partial charge in [-0.05, 0) is 63.4 Å². The van der Waals surface area contributed by atoms with Gasteiger partial charge in [0.15, 0.2) is 6.61 Å². The van der Waals surface area contributed by atoms with E-state index in [0.717, 1.165) is 28.1 Å². The predicted molar refractivity (Wildman–Crippen MR) is 92.3 cm³/mol. The Labute approximate surface area is 142 Å². The van der Waals surface area contributed by atoms with Crippen molar-refractivity contribution in [3.63, 3.8) is 0 Å². The van der Waals surface area contributed by atoms with Crippen molar-refractivity contribution in [2.75, 3.05) is 6.61 Å². The molecule has 0 aliphatic carbocycles. The topological polar surface area (TPSA) is 61.2 Å². The van der Waals surface area contributed by atoms with Gasteiger partial charge in [-0.3, -0.25) is 14.3 Å². The van der Waals surface area contributed by atoms with Crippen LogP contribution in [-0.4, -0.2) is 28.1 Å². The lowest BCUT2D eigenvalue weighted by molar-refractivity contribution is -0.142. The lowest BCUT2D eigenvalue weighted by atomic mass is 9.98. The second kappa shape index (κ2) is 7.43. The van der Waals surface area contributed by atoms with Crippen LogP contribution in [0.15, 0.2) is 18.2 Å². The molecule has 2 aromatic rings. The normalized spacial score (nSPS) is 10.7. The van der Waals surface area contributed by atoms with E-state index in [0.29, 0.717) is 12.1 Å². The van der Waals surface area contributed by atoms with E-state index < -0.39 is 5.97 Å². The fraction of sp³-hybridized carbons (Fsp3) is 0.421. The minimum absolute atomic E-state index is 0.171. The van der Waals surface area contributed by atoms with E-state index in [4.69, 9.17) is 4.74 Å². The van der Waals surface area contributed by atoms with Crippen molar-refractivity contribution >= 4 is 11.8 Å². The van der Waals surface area contributed by atoms with Crippen LogP contribution in [0.25, 0.3) is 0 Å². The molecule has 0 saturated heterocycles. The maximum absolute atomic E-state index is 12.3. The summed E-state index contributed by atoms with van der Waals surface area (Å²) < 4.78 is 6.89. The van der Waals surface area contributed by atoms with Gasteiger partial charge in [-0.1, -0.05) is 6.07 Å². The molecular weight excluding hydrogens is 304 g/mol. The molecule has 1 aromatic heterocycles. The molecule has 0 amide bonds. The van der Waals surface area contributed by atoms with Crippen molar-refractivity contribution in [2.24, 2.45) is 0 Å². The molecule has 0 atom stereocenters. The van der Waals surface area contributed by atoms with Gasteiger partial charge < -0.3 is 4.74 Å². The third kappa shape index (κ3) is 4.31. The fourth-order valence-corrected chi connectivity index (χ4v) is 2.66. The van der Waals surface area contributed by atoms with Crippen molar-refractivity contribution in [3.8, 4) is 0 Å². The first-order valence-corrected chi connectivity index (χ1v) is 8.05. The Morgan fingerprint density at radius 1 is 1.00 bits per heavy atom. The van der Waals surface area contributed by atoms with Crippen molar-refractivity contribution in [1.29, 1.82) is 0 Å². The van der Waals surface area contributed by atoms with E-state index in [1.54, 1.807) is 4.68 Å². The van der Waals surface area contributed by atoms with E-state index in [-0.39, 0.29) is 18.8 Å². The van der Waals surface area contributed by atoms with Gasteiger partial charge in [-0.2, -0.15) is 5.10 Å². The number of ether oxygens (including phenoxy) is 1. The minimum atomic E-state index is -0.391. The summed E-state index contributed by atoms with van der Waals surface area (Å²) in [5.41, 5.74) is 5.64. The average molecular weight is 328 g/mol. The number of rotatable bonds is 6. The molecule has 0 aliphatic rings. The first-order valence-electron chi connectivity index (χ1n) is 8.05. The summed E-state index contributed by atoms with van der Waals surface area (Å²) in [6.07, 6.45) is 0.196. The molecule has 24 heavy (non-hydrogen) atoms. The summed E-state index contributed by atoms with van der Waals surface area (Å²) in [6, 6.07) is 5.79. The molecule has 0 aliphatic heterocycles. The minimum Gasteiger partial charge on any atom is -0.457 e. The Balaban J connectivity index is 1.88. The van der Waals surface area contributed by atoms with Gasteiger partial charge in [0.05, 0.1) is 18.7 Å². The molecule has 5 heteroatoms. The number of carbonyl (C=O) groups excluding carboxylic acids is 2. The van der Waals surface area contributed by atoms with E-state index in [9.17, 15) is 9.59 Å². The Kier molecular flexibility index (Phi) is 5.54. The van der Waals surface area contributed by atoms with Gasteiger partial charge in [0.1, 0.15) is 0 Å². The summed E-state index contributed by atoms with van der Waals surface area (Å²) in [5.74, 6) is -0.563. The van der Waals surface area contributed by atoms with Crippen LogP contribution in [0.2, 0.25) is 0 Å². The first-order chi connectivity index (χ1) is 11.3. The Hall–Kier alpha value is -2.43. The number of carbonyl (C=O) groups is 2. The molecule has 5 nitrogen and oxygen atoms in total. The van der Waals surface area contributed by atoms with Crippen molar-refractivity contribution in [2.45, 2.75) is 47.6 Å². The highest BCUT2D eigenvalue weighted by Crippen LogP contribution is 2.16. The van der Waals surface area contributed by atoms with Crippen LogP contribution in [0.4, 0.5) is 0 Å². The Morgan fingerprint density at radius 3 is 2.29 bits per heavy atom. The van der Waals surface area contributed by atoms with Gasteiger partial charge in [-0.25, -0.2) is 0 Å². The van der Waals surface area contributed by atoms with Crippen LogP contribution in [0.5, 0.6) is 0 Å². The van der Waals surface area contributed by atoms with E-state index in [1.165, 1.54) is 0 Å². The van der Waals surface area contributed by atoms with Crippen LogP contribution >= 0.6 is 0 Å². The maximum Gasteiger partial charge on any atom is 0.308 e. The van der Waals surface area contributed by atoms with Crippen molar-refractivity contribution < 1.29 is 14.3 Å². The SMILES string of the molecule is Cc1cc(C)n(CCC(=O)OCC(=O)c2cc(C)c(C)cc2C)n1. The summed E-state index contributed by atoms with van der Waals surface area (Å²) in [6.45, 7) is 9.95. The lowest BCUT2D eigenvalue weighted by Gasteiger charge is -2.10. The zero-order valence-electron chi connectivity index (χ0n) is 15.0. The quantitative estimate of drug-likeness (QED) is 0.603. The molecule has 0 fully saturated rings. The summed E-state index contributed by atoms with van der Waals surface area (Å²) in [5, 5.41) is 4.30. The summed E-state index contributed by atoms with van der Waals surface area (Å²) in [4.78, 5) is 24.1. The summed E-state index contributed by atoms with van der Waals surface area (Å²) >= 11 is 0. The average Bonchev–Trinajstić information content (AvgIpc) is 2.84. The number of aryl methyl sites for hydroxylation is 6. The molecule has 1 aromatic carbocycles. The molecule has 0 N–H and O–H groups in total. The molecular formula is C19H24N2O3. The highest BCUT2D eigenvalue weighted by molar-refractivity contribution is 5.99. The van der Waals surface area contributed by atoms with Crippen LogP contribution in [0, 0.1) is 34.6 Å². The second-order valence-electron chi connectivity index (χ2n) is 6.24. The number of hydrogen-bond acceptors (Lipinski definition) is 4. The predicted octanol–water partition coefficient (Wildman–Crippen LogP) is 3.24. The third-order valence-corrected chi connectivity index (χ3v) is 4.14. The van der Waals surface area contributed by atoms with Crippen molar-refractivity contribution in [1.82, 2.24) is 9.78 Å². The standard InChI is InChI=1S/C19H24N2O3/c1-12-8-14(3)17(9-13(12)2)18(22)11-24-19(23)6-7-21-16(5)10-15(4)20-21/h8-10H,6-7,11H2,1-5H3. The number of ketones is 1. The molecule has 0 spiro atoms. The Morgan fingerprint density at radius 2 is 1.67 bits per heavy atom. The third-order valence-electron chi connectivity index (χ3n) is 4.14. The van der Waals surface area contributed by atoms with Gasteiger partial charge >= 0.3 is 5.97 Å². The molecule has 0 bridgehead atoms. The monoisotopic (exact) mass is 328 g/mol. The number of hydrogen-bond donors (Lipinski definition) is 0. The van der Waals surface area contributed by atoms with E-state index in [1.807, 2.05) is 52.8 Å². The number of aromatic nitrogens is 2. The van der Waals surface area contributed by atoms with Crippen LogP contribution in [-0.2, 0) is 16.1 Å². The first kappa shape index (κ1) is 17.9. The number of benzene rings is 1. The van der Waals surface area contributed by atoms with E-state index >= 15 is 0 Å². The van der Waals surface area contributed by atoms with Gasteiger partial charge in [0.2, 0.25) is 5.78 Å². The zero-order chi connectivity index (χ0) is 17.9. The maximum atomic E-state index is 12.3. The second-order valence-corrected chi connectivity index (χ2v) is 6.24. The number of esters is 1. The number of nitrogens with zero attached hydrogens (tertiary/aromatic N) is 2. The van der Waals surface area contributed by atoms with E-state index in [2.05, 4.69) is 5.10 Å². The highest BCUT2D eigenvalue weighted by Gasteiger charge is 2.14. The van der Waals surface area contributed by atoms with Crippen LogP contribution in [0.1, 0.15) is 44.9 Å². The largest absolute Gasteiger partial charge is 0.457 e.